The van der Waals surface area contributed by atoms with Crippen LogP contribution in [0.1, 0.15) is 22.0 Å². The average molecular weight is 471 g/mol. The molecular formula is C22H25F3N2O4S. The fourth-order valence-electron chi connectivity index (χ4n) is 3.51. The van der Waals surface area contributed by atoms with Crippen molar-refractivity contribution in [3.63, 3.8) is 0 Å². The predicted octanol–water partition coefficient (Wildman–Crippen LogP) is 4.12. The van der Waals surface area contributed by atoms with E-state index in [9.17, 15) is 18.0 Å². The number of carbonyl (C=O) groups excluding carboxylic acids is 1. The molecule has 0 radical (unpaired) electrons. The second-order valence-corrected chi connectivity index (χ2v) is 8.20. The Morgan fingerprint density at radius 3 is 2.34 bits per heavy atom. The number of alkyl halides is 3. The summed E-state index contributed by atoms with van der Waals surface area (Å²) in [4.78, 5) is 14.9. The van der Waals surface area contributed by atoms with E-state index in [1.54, 1.807) is 14.2 Å². The predicted molar refractivity (Wildman–Crippen MR) is 115 cm³/mol. The van der Waals surface area contributed by atoms with Crippen LogP contribution in [0.2, 0.25) is 0 Å². The Hall–Kier alpha value is -2.43. The number of nitrogens with zero attached hydrogens (tertiary/aromatic N) is 1. The van der Waals surface area contributed by atoms with E-state index in [0.717, 1.165) is 5.56 Å². The minimum absolute atomic E-state index is 0.0329. The second kappa shape index (κ2) is 10.9. The van der Waals surface area contributed by atoms with E-state index in [-0.39, 0.29) is 28.6 Å². The minimum atomic E-state index is -4.37. The largest absolute Gasteiger partial charge is 0.493 e. The summed E-state index contributed by atoms with van der Waals surface area (Å²) in [6.45, 7) is 2.91. The molecule has 2 aromatic rings. The highest BCUT2D eigenvalue weighted by molar-refractivity contribution is 8.00. The number of ether oxygens (including phenoxy) is 3. The van der Waals surface area contributed by atoms with E-state index >= 15 is 0 Å². The molecule has 0 aromatic heterocycles. The standard InChI is InChI=1S/C22H25F3N2O4S/c1-29-19-8-5-16(13-20(19)30-2)18(27-9-11-31-12-10-27)14-26-21(28)15-3-6-17(7-4-15)32-22(23,24)25/h3-8,13,18H,9-12,14H2,1-2H3,(H,26,28). The van der Waals surface area contributed by atoms with Gasteiger partial charge in [0, 0.05) is 30.1 Å². The van der Waals surface area contributed by atoms with Crippen LogP contribution in [0.3, 0.4) is 0 Å². The summed E-state index contributed by atoms with van der Waals surface area (Å²) in [6.07, 6.45) is 0. The van der Waals surface area contributed by atoms with Gasteiger partial charge in [-0.2, -0.15) is 13.2 Å². The van der Waals surface area contributed by atoms with E-state index in [0.29, 0.717) is 49.9 Å². The van der Waals surface area contributed by atoms with Gasteiger partial charge in [-0.3, -0.25) is 9.69 Å². The summed E-state index contributed by atoms with van der Waals surface area (Å²) < 4.78 is 53.7. The number of amides is 1. The van der Waals surface area contributed by atoms with Crippen LogP contribution < -0.4 is 14.8 Å². The number of methoxy groups -OCH3 is 2. The van der Waals surface area contributed by atoms with Gasteiger partial charge in [-0.1, -0.05) is 6.07 Å². The van der Waals surface area contributed by atoms with Gasteiger partial charge in [0.25, 0.3) is 5.91 Å². The number of benzene rings is 2. The molecule has 1 saturated heterocycles. The lowest BCUT2D eigenvalue weighted by molar-refractivity contribution is -0.0328. The number of rotatable bonds is 8. The quantitative estimate of drug-likeness (QED) is 0.586. The van der Waals surface area contributed by atoms with Crippen molar-refractivity contribution in [3.05, 3.63) is 53.6 Å². The molecule has 1 N–H and O–H groups in total. The number of carbonyl (C=O) groups is 1. The highest BCUT2D eigenvalue weighted by Crippen LogP contribution is 2.36. The van der Waals surface area contributed by atoms with Crippen molar-refractivity contribution < 1.29 is 32.2 Å². The van der Waals surface area contributed by atoms with E-state index in [1.165, 1.54) is 24.3 Å². The zero-order chi connectivity index (χ0) is 23.1. The third kappa shape index (κ3) is 6.54. The fourth-order valence-corrected chi connectivity index (χ4v) is 4.05. The molecule has 6 nitrogen and oxygen atoms in total. The SMILES string of the molecule is COc1ccc(C(CNC(=O)c2ccc(SC(F)(F)F)cc2)N2CCOCC2)cc1OC. The first-order valence-corrected chi connectivity index (χ1v) is 10.8. The molecule has 1 amide bonds. The molecule has 3 rings (SSSR count). The Morgan fingerprint density at radius 1 is 1.09 bits per heavy atom. The Morgan fingerprint density at radius 2 is 1.75 bits per heavy atom. The lowest BCUT2D eigenvalue weighted by Crippen LogP contribution is -2.43. The van der Waals surface area contributed by atoms with Crippen molar-refractivity contribution >= 4 is 17.7 Å². The molecule has 1 heterocycles. The first-order chi connectivity index (χ1) is 15.3. The van der Waals surface area contributed by atoms with Crippen LogP contribution in [-0.4, -0.2) is 63.4 Å². The molecule has 0 bridgehead atoms. The highest BCUT2D eigenvalue weighted by atomic mass is 32.2. The molecule has 0 aliphatic carbocycles. The van der Waals surface area contributed by atoms with Gasteiger partial charge in [0.05, 0.1) is 33.5 Å². The molecule has 1 unspecified atom stereocenters. The van der Waals surface area contributed by atoms with Crippen LogP contribution in [0, 0.1) is 0 Å². The lowest BCUT2D eigenvalue weighted by Gasteiger charge is -2.35. The molecule has 1 aliphatic rings. The van der Waals surface area contributed by atoms with Gasteiger partial charge in [-0.05, 0) is 53.7 Å². The van der Waals surface area contributed by atoms with Crippen LogP contribution >= 0.6 is 11.8 Å². The number of nitrogens with one attached hydrogen (secondary N) is 1. The first kappa shape index (κ1) is 24.2. The van der Waals surface area contributed by atoms with Crippen molar-refractivity contribution in [3.8, 4) is 11.5 Å². The molecule has 1 atom stereocenters. The summed E-state index contributed by atoms with van der Waals surface area (Å²) >= 11 is -0.210. The van der Waals surface area contributed by atoms with Crippen LogP contribution in [-0.2, 0) is 4.74 Å². The van der Waals surface area contributed by atoms with Gasteiger partial charge in [0.1, 0.15) is 0 Å². The van der Waals surface area contributed by atoms with Gasteiger partial charge < -0.3 is 19.5 Å². The van der Waals surface area contributed by atoms with Gasteiger partial charge in [-0.25, -0.2) is 0 Å². The summed E-state index contributed by atoms with van der Waals surface area (Å²) in [5.74, 6) is 0.845. The third-order valence-corrected chi connectivity index (χ3v) is 5.82. The number of morpholine rings is 1. The summed E-state index contributed by atoms with van der Waals surface area (Å²) in [5, 5.41) is 2.91. The fraction of sp³-hybridized carbons (Fsp3) is 0.409. The van der Waals surface area contributed by atoms with Gasteiger partial charge in [-0.15, -0.1) is 0 Å². The molecule has 174 valence electrons. The van der Waals surface area contributed by atoms with Crippen LogP contribution in [0.4, 0.5) is 13.2 Å². The maximum absolute atomic E-state index is 12.7. The first-order valence-electron chi connectivity index (χ1n) is 9.98. The Labute approximate surface area is 189 Å². The van der Waals surface area contributed by atoms with E-state index < -0.39 is 5.51 Å². The van der Waals surface area contributed by atoms with Crippen molar-refractivity contribution in [2.45, 2.75) is 16.4 Å². The van der Waals surface area contributed by atoms with Crippen LogP contribution in [0.15, 0.2) is 47.4 Å². The van der Waals surface area contributed by atoms with Crippen molar-refractivity contribution in [2.75, 3.05) is 47.1 Å². The molecule has 1 aliphatic heterocycles. The number of hydrogen-bond donors (Lipinski definition) is 1. The number of thioether (sulfide) groups is 1. The highest BCUT2D eigenvalue weighted by Gasteiger charge is 2.29. The normalized spacial score (nSPS) is 15.8. The molecule has 10 heteroatoms. The smallest absolute Gasteiger partial charge is 0.446 e. The topological polar surface area (TPSA) is 60.0 Å². The monoisotopic (exact) mass is 470 g/mol. The molecule has 0 saturated carbocycles. The zero-order valence-corrected chi connectivity index (χ0v) is 18.6. The molecule has 1 fully saturated rings. The van der Waals surface area contributed by atoms with Crippen LogP contribution in [0.25, 0.3) is 0 Å². The van der Waals surface area contributed by atoms with Crippen molar-refractivity contribution in [1.82, 2.24) is 10.2 Å². The van der Waals surface area contributed by atoms with E-state index in [4.69, 9.17) is 14.2 Å². The number of hydrogen-bond acceptors (Lipinski definition) is 6. The van der Waals surface area contributed by atoms with E-state index in [2.05, 4.69) is 10.2 Å². The Kier molecular flexibility index (Phi) is 8.27. The third-order valence-electron chi connectivity index (χ3n) is 5.08. The molecule has 0 spiro atoms. The molecular weight excluding hydrogens is 445 g/mol. The van der Waals surface area contributed by atoms with Crippen molar-refractivity contribution in [1.29, 1.82) is 0 Å². The van der Waals surface area contributed by atoms with Crippen LogP contribution in [0.5, 0.6) is 11.5 Å². The van der Waals surface area contributed by atoms with Crippen molar-refractivity contribution in [2.24, 2.45) is 0 Å². The lowest BCUT2D eigenvalue weighted by atomic mass is 10.0. The average Bonchev–Trinajstić information content (AvgIpc) is 2.79. The maximum atomic E-state index is 12.7. The second-order valence-electron chi connectivity index (χ2n) is 7.06. The zero-order valence-electron chi connectivity index (χ0n) is 17.8. The van der Waals surface area contributed by atoms with E-state index in [1.807, 2.05) is 18.2 Å². The summed E-state index contributed by atoms with van der Waals surface area (Å²) in [5.41, 5.74) is -3.12. The Balaban J connectivity index is 1.73. The number of halogens is 3. The minimum Gasteiger partial charge on any atom is -0.493 e. The van der Waals surface area contributed by atoms with Gasteiger partial charge in [0.15, 0.2) is 11.5 Å². The Bertz CT molecular complexity index is 903. The van der Waals surface area contributed by atoms with Gasteiger partial charge >= 0.3 is 5.51 Å². The maximum Gasteiger partial charge on any atom is 0.446 e. The van der Waals surface area contributed by atoms with Gasteiger partial charge in [0.2, 0.25) is 0 Å². The molecule has 2 aromatic carbocycles. The summed E-state index contributed by atoms with van der Waals surface area (Å²) in [7, 11) is 3.13. The molecule has 32 heavy (non-hydrogen) atoms. The summed E-state index contributed by atoms with van der Waals surface area (Å²) in [6, 6.07) is 10.9.